The molecule has 1 aromatic carbocycles. The van der Waals surface area contributed by atoms with Crippen molar-refractivity contribution in [2.45, 2.75) is 25.8 Å². The summed E-state index contributed by atoms with van der Waals surface area (Å²) in [6.45, 7) is 1.26. The standard InChI is InChI=1S/C17H15BrFNO3S/c18-12-1-2-14(13(19)9-12)23-17(22)4-3-16(21)20-7-5-15-11(10-20)6-8-24-15/h1-2,6,8-9H,3-5,7,10H2. The summed E-state index contributed by atoms with van der Waals surface area (Å²) in [4.78, 5) is 27.1. The Kier molecular flexibility index (Phi) is 5.30. The van der Waals surface area contributed by atoms with E-state index in [1.165, 1.54) is 22.6 Å². The number of carbonyl (C=O) groups is 2. The first-order valence-electron chi connectivity index (χ1n) is 7.51. The fourth-order valence-electron chi connectivity index (χ4n) is 2.56. The van der Waals surface area contributed by atoms with Gasteiger partial charge in [0.15, 0.2) is 11.6 Å². The van der Waals surface area contributed by atoms with E-state index in [-0.39, 0.29) is 24.5 Å². The van der Waals surface area contributed by atoms with Crippen molar-refractivity contribution in [1.82, 2.24) is 4.90 Å². The predicted octanol–water partition coefficient (Wildman–Crippen LogP) is 3.92. The third-order valence-electron chi connectivity index (χ3n) is 3.82. The topological polar surface area (TPSA) is 46.6 Å². The monoisotopic (exact) mass is 411 g/mol. The maximum Gasteiger partial charge on any atom is 0.311 e. The third kappa shape index (κ3) is 4.02. The molecule has 0 atom stereocenters. The average Bonchev–Trinajstić information content (AvgIpc) is 3.03. The number of hydrogen-bond donors (Lipinski definition) is 0. The molecule has 2 heterocycles. The van der Waals surface area contributed by atoms with Crippen molar-refractivity contribution < 1.29 is 18.7 Å². The molecule has 0 saturated heterocycles. The second-order valence-corrected chi connectivity index (χ2v) is 7.40. The summed E-state index contributed by atoms with van der Waals surface area (Å²) in [5.74, 6) is -1.44. The molecule has 126 valence electrons. The van der Waals surface area contributed by atoms with Crippen molar-refractivity contribution in [3.8, 4) is 5.75 Å². The minimum Gasteiger partial charge on any atom is -0.423 e. The van der Waals surface area contributed by atoms with Gasteiger partial charge in [-0.25, -0.2) is 4.39 Å². The first-order chi connectivity index (χ1) is 11.5. The molecule has 0 fully saturated rings. The fourth-order valence-corrected chi connectivity index (χ4v) is 3.78. The van der Waals surface area contributed by atoms with E-state index in [1.54, 1.807) is 22.3 Å². The lowest BCUT2D eigenvalue weighted by atomic mass is 10.1. The number of thiophene rings is 1. The second kappa shape index (κ2) is 7.44. The van der Waals surface area contributed by atoms with Gasteiger partial charge in [0.25, 0.3) is 0 Å². The molecule has 4 nitrogen and oxygen atoms in total. The number of fused-ring (bicyclic) bond motifs is 1. The summed E-state index contributed by atoms with van der Waals surface area (Å²) >= 11 is 4.85. The molecule has 0 spiro atoms. The van der Waals surface area contributed by atoms with Gasteiger partial charge in [-0.15, -0.1) is 11.3 Å². The number of nitrogens with zero attached hydrogens (tertiary/aromatic N) is 1. The number of carbonyl (C=O) groups excluding carboxylic acids is 2. The maximum absolute atomic E-state index is 13.6. The maximum atomic E-state index is 13.6. The van der Waals surface area contributed by atoms with Crippen LogP contribution in [0.1, 0.15) is 23.3 Å². The average molecular weight is 412 g/mol. The van der Waals surface area contributed by atoms with Crippen LogP contribution in [0, 0.1) is 5.82 Å². The lowest BCUT2D eigenvalue weighted by molar-refractivity contribution is -0.139. The Morgan fingerprint density at radius 3 is 2.92 bits per heavy atom. The summed E-state index contributed by atoms with van der Waals surface area (Å²) in [7, 11) is 0. The minimum atomic E-state index is -0.620. The molecule has 2 aromatic rings. The van der Waals surface area contributed by atoms with Gasteiger partial charge in [0.1, 0.15) is 0 Å². The lowest BCUT2D eigenvalue weighted by Gasteiger charge is -2.27. The van der Waals surface area contributed by atoms with Gasteiger partial charge in [-0.05, 0) is 41.6 Å². The van der Waals surface area contributed by atoms with Crippen LogP contribution >= 0.6 is 27.3 Å². The van der Waals surface area contributed by atoms with Crippen molar-refractivity contribution in [3.63, 3.8) is 0 Å². The minimum absolute atomic E-state index is 0.0659. The molecule has 0 N–H and O–H groups in total. The highest BCUT2D eigenvalue weighted by Crippen LogP contribution is 2.25. The smallest absolute Gasteiger partial charge is 0.311 e. The molecule has 24 heavy (non-hydrogen) atoms. The van der Waals surface area contributed by atoms with E-state index >= 15 is 0 Å². The fraction of sp³-hybridized carbons (Fsp3) is 0.294. The number of esters is 1. The van der Waals surface area contributed by atoms with Gasteiger partial charge in [0.2, 0.25) is 5.91 Å². The molecule has 1 aromatic heterocycles. The lowest BCUT2D eigenvalue weighted by Crippen LogP contribution is -2.35. The third-order valence-corrected chi connectivity index (χ3v) is 5.34. The highest BCUT2D eigenvalue weighted by molar-refractivity contribution is 9.10. The van der Waals surface area contributed by atoms with Crippen LogP contribution in [0.25, 0.3) is 0 Å². The second-order valence-electron chi connectivity index (χ2n) is 5.48. The summed E-state index contributed by atoms with van der Waals surface area (Å²) in [5.41, 5.74) is 1.18. The van der Waals surface area contributed by atoms with Crippen LogP contribution in [-0.4, -0.2) is 23.3 Å². The molecular weight excluding hydrogens is 397 g/mol. The van der Waals surface area contributed by atoms with Crippen LogP contribution in [-0.2, 0) is 22.6 Å². The number of amides is 1. The molecule has 1 amide bonds. The van der Waals surface area contributed by atoms with Crippen LogP contribution in [0.4, 0.5) is 4.39 Å². The van der Waals surface area contributed by atoms with Gasteiger partial charge in [-0.1, -0.05) is 15.9 Å². The molecule has 0 unspecified atom stereocenters. The van der Waals surface area contributed by atoms with Crippen LogP contribution in [0.15, 0.2) is 34.1 Å². The normalized spacial score (nSPS) is 13.5. The molecule has 1 aliphatic heterocycles. The highest BCUT2D eigenvalue weighted by atomic mass is 79.9. The van der Waals surface area contributed by atoms with Crippen LogP contribution in [0.5, 0.6) is 5.75 Å². The van der Waals surface area contributed by atoms with Crippen molar-refractivity contribution in [2.75, 3.05) is 6.54 Å². The Morgan fingerprint density at radius 1 is 1.29 bits per heavy atom. The Hall–Kier alpha value is -1.73. The molecule has 0 saturated carbocycles. The molecule has 0 radical (unpaired) electrons. The summed E-state index contributed by atoms with van der Waals surface area (Å²) in [6, 6.07) is 6.22. The zero-order chi connectivity index (χ0) is 17.1. The molecule has 0 bridgehead atoms. The number of halogens is 2. The first kappa shape index (κ1) is 17.1. The van der Waals surface area contributed by atoms with Crippen molar-refractivity contribution in [2.24, 2.45) is 0 Å². The SMILES string of the molecule is O=C(CCC(=O)N1CCc2sccc2C1)Oc1ccc(Br)cc1F. The summed E-state index contributed by atoms with van der Waals surface area (Å²) in [6.07, 6.45) is 0.852. The van der Waals surface area contributed by atoms with Crippen molar-refractivity contribution in [3.05, 3.63) is 50.4 Å². The summed E-state index contributed by atoms with van der Waals surface area (Å²) < 4.78 is 19.2. The number of ether oxygens (including phenoxy) is 1. The predicted molar refractivity (Wildman–Crippen MR) is 92.4 cm³/mol. The molecule has 7 heteroatoms. The number of benzene rings is 1. The van der Waals surface area contributed by atoms with E-state index in [2.05, 4.69) is 15.9 Å². The molecule has 3 rings (SSSR count). The Balaban J connectivity index is 1.50. The van der Waals surface area contributed by atoms with Gasteiger partial charge >= 0.3 is 5.97 Å². The van der Waals surface area contributed by atoms with Crippen LogP contribution in [0.2, 0.25) is 0 Å². The van der Waals surface area contributed by atoms with E-state index in [9.17, 15) is 14.0 Å². The Labute approximate surface area is 151 Å². The number of hydrogen-bond acceptors (Lipinski definition) is 4. The first-order valence-corrected chi connectivity index (χ1v) is 9.19. The van der Waals surface area contributed by atoms with E-state index < -0.39 is 11.8 Å². The van der Waals surface area contributed by atoms with E-state index in [0.29, 0.717) is 17.6 Å². The quantitative estimate of drug-likeness (QED) is 0.565. The van der Waals surface area contributed by atoms with Gasteiger partial charge in [0.05, 0.1) is 6.42 Å². The summed E-state index contributed by atoms with van der Waals surface area (Å²) in [5, 5.41) is 2.03. The molecule has 1 aliphatic rings. The van der Waals surface area contributed by atoms with Crippen molar-refractivity contribution in [1.29, 1.82) is 0 Å². The van der Waals surface area contributed by atoms with Gasteiger partial charge in [-0.3, -0.25) is 9.59 Å². The molecular formula is C17H15BrFNO3S. The van der Waals surface area contributed by atoms with Gasteiger partial charge in [-0.2, -0.15) is 0 Å². The van der Waals surface area contributed by atoms with Crippen LogP contribution < -0.4 is 4.74 Å². The Bertz CT molecular complexity index is 777. The largest absolute Gasteiger partial charge is 0.423 e. The van der Waals surface area contributed by atoms with Crippen molar-refractivity contribution >= 4 is 39.1 Å². The Morgan fingerprint density at radius 2 is 2.12 bits per heavy atom. The van der Waals surface area contributed by atoms with Crippen LogP contribution in [0.3, 0.4) is 0 Å². The van der Waals surface area contributed by atoms with Gasteiger partial charge in [0, 0.05) is 28.9 Å². The number of rotatable bonds is 4. The van der Waals surface area contributed by atoms with E-state index in [4.69, 9.17) is 4.74 Å². The highest BCUT2D eigenvalue weighted by Gasteiger charge is 2.22. The molecule has 0 aliphatic carbocycles. The van der Waals surface area contributed by atoms with Gasteiger partial charge < -0.3 is 9.64 Å². The zero-order valence-electron chi connectivity index (χ0n) is 12.8. The zero-order valence-corrected chi connectivity index (χ0v) is 15.2. The van der Waals surface area contributed by atoms with E-state index in [1.807, 2.05) is 11.4 Å². The van der Waals surface area contributed by atoms with E-state index in [0.717, 1.165) is 6.42 Å².